The number of fused-ring (bicyclic) bond motifs is 1. The minimum absolute atomic E-state index is 0.0951. The third-order valence-electron chi connectivity index (χ3n) is 6.43. The number of nitrogens with zero attached hydrogens (tertiary/aromatic N) is 5. The van der Waals surface area contributed by atoms with Crippen molar-refractivity contribution < 1.29 is 14.6 Å². The molecule has 1 fully saturated rings. The van der Waals surface area contributed by atoms with Gasteiger partial charge in [-0.15, -0.1) is 5.10 Å². The number of ether oxygens (including phenoxy) is 2. The van der Waals surface area contributed by atoms with Crippen molar-refractivity contribution in [3.05, 3.63) is 64.8 Å². The first-order valence-corrected chi connectivity index (χ1v) is 12.9. The van der Waals surface area contributed by atoms with Crippen LogP contribution in [0.15, 0.2) is 48.5 Å². The molecule has 0 amide bonds. The van der Waals surface area contributed by atoms with Crippen molar-refractivity contribution in [3.8, 4) is 17.4 Å². The van der Waals surface area contributed by atoms with Crippen molar-refractivity contribution in [1.82, 2.24) is 19.5 Å². The number of anilines is 1. The van der Waals surface area contributed by atoms with Gasteiger partial charge in [0.1, 0.15) is 11.5 Å². The van der Waals surface area contributed by atoms with Crippen LogP contribution in [0.5, 0.6) is 17.4 Å². The Morgan fingerprint density at radius 2 is 1.66 bits per heavy atom. The first-order valence-electron chi connectivity index (χ1n) is 12.0. The largest absolute Gasteiger partial charge is 0.497 e. The van der Waals surface area contributed by atoms with Gasteiger partial charge in [0.05, 0.1) is 24.6 Å². The van der Waals surface area contributed by atoms with Crippen molar-refractivity contribution >= 4 is 22.0 Å². The predicted octanol–water partition coefficient (Wildman–Crippen LogP) is 4.38. The molecule has 1 aliphatic heterocycles. The van der Waals surface area contributed by atoms with Crippen LogP contribution in [0.2, 0.25) is 0 Å². The van der Waals surface area contributed by atoms with E-state index in [4.69, 9.17) is 9.47 Å². The van der Waals surface area contributed by atoms with E-state index in [1.54, 1.807) is 11.6 Å². The molecule has 4 aromatic rings. The van der Waals surface area contributed by atoms with Gasteiger partial charge < -0.3 is 19.5 Å². The van der Waals surface area contributed by atoms with Gasteiger partial charge >= 0.3 is 0 Å². The molecule has 0 radical (unpaired) electrons. The molecule has 3 heterocycles. The standard InChI is InChI=1S/C26H31N5O3S/c1-4-22-27-26-31(28-22)25(32)24(35-26)23(18-6-10-21(11-7-18)34-5-2)30-16-14-29(15-17-30)19-8-12-20(33-3)13-9-19/h6-13,23,32H,4-5,14-17H2,1-3H3/t23-/m1/s1. The number of thiazole rings is 1. The van der Waals surface area contributed by atoms with E-state index in [1.165, 1.54) is 17.0 Å². The maximum absolute atomic E-state index is 11.2. The van der Waals surface area contributed by atoms with Crippen LogP contribution in [0, 0.1) is 0 Å². The highest BCUT2D eigenvalue weighted by Gasteiger charge is 2.32. The maximum atomic E-state index is 11.2. The molecule has 8 nitrogen and oxygen atoms in total. The zero-order valence-corrected chi connectivity index (χ0v) is 21.2. The predicted molar refractivity (Wildman–Crippen MR) is 138 cm³/mol. The van der Waals surface area contributed by atoms with Gasteiger partial charge in [-0.3, -0.25) is 4.90 Å². The highest BCUT2D eigenvalue weighted by atomic mass is 32.1. The van der Waals surface area contributed by atoms with Crippen molar-refractivity contribution in [2.24, 2.45) is 0 Å². The van der Waals surface area contributed by atoms with E-state index < -0.39 is 0 Å². The number of piperazine rings is 1. The van der Waals surface area contributed by atoms with Crippen LogP contribution < -0.4 is 14.4 Å². The van der Waals surface area contributed by atoms with E-state index in [0.717, 1.165) is 65.3 Å². The average Bonchev–Trinajstić information content (AvgIpc) is 3.45. The number of aryl methyl sites for hydroxylation is 1. The topological polar surface area (TPSA) is 75.4 Å². The van der Waals surface area contributed by atoms with E-state index >= 15 is 0 Å². The summed E-state index contributed by atoms with van der Waals surface area (Å²) >= 11 is 1.51. The lowest BCUT2D eigenvalue weighted by atomic mass is 10.0. The number of aromatic nitrogens is 3. The SMILES string of the molecule is CCOc1ccc([C@H](c2sc3nc(CC)nn3c2O)N2CCN(c3ccc(OC)cc3)CC2)cc1. The molecule has 2 aromatic heterocycles. The van der Waals surface area contributed by atoms with Crippen molar-refractivity contribution in [2.45, 2.75) is 26.3 Å². The number of hydrogen-bond acceptors (Lipinski definition) is 8. The van der Waals surface area contributed by atoms with E-state index in [-0.39, 0.29) is 11.9 Å². The number of benzene rings is 2. The van der Waals surface area contributed by atoms with Gasteiger partial charge in [-0.2, -0.15) is 4.52 Å². The van der Waals surface area contributed by atoms with Gasteiger partial charge in [0.2, 0.25) is 10.8 Å². The molecule has 0 saturated carbocycles. The summed E-state index contributed by atoms with van der Waals surface area (Å²) < 4.78 is 12.5. The molecule has 1 N–H and O–H groups in total. The Bertz CT molecular complexity index is 1260. The highest BCUT2D eigenvalue weighted by molar-refractivity contribution is 7.17. The fraction of sp³-hybridized carbons (Fsp3) is 0.385. The molecule has 9 heteroatoms. The van der Waals surface area contributed by atoms with Crippen LogP contribution >= 0.6 is 11.3 Å². The van der Waals surface area contributed by atoms with E-state index in [0.29, 0.717) is 6.61 Å². The maximum Gasteiger partial charge on any atom is 0.230 e. The Morgan fingerprint density at radius 3 is 2.26 bits per heavy atom. The zero-order chi connectivity index (χ0) is 24.4. The van der Waals surface area contributed by atoms with E-state index in [1.807, 2.05) is 38.1 Å². The normalized spacial score (nSPS) is 15.5. The summed E-state index contributed by atoms with van der Waals surface area (Å²) in [5.41, 5.74) is 2.30. The molecule has 184 valence electrons. The van der Waals surface area contributed by atoms with Crippen molar-refractivity contribution in [3.63, 3.8) is 0 Å². The Labute approximate surface area is 209 Å². The van der Waals surface area contributed by atoms with Crippen LogP contribution in [-0.4, -0.2) is 64.5 Å². The Balaban J connectivity index is 1.43. The lowest BCUT2D eigenvalue weighted by molar-refractivity contribution is 0.211. The molecule has 0 aliphatic carbocycles. The molecular weight excluding hydrogens is 462 g/mol. The van der Waals surface area contributed by atoms with Crippen LogP contribution in [0.1, 0.15) is 36.2 Å². The number of aromatic hydroxyl groups is 1. The van der Waals surface area contributed by atoms with Crippen molar-refractivity contribution in [1.29, 1.82) is 0 Å². The summed E-state index contributed by atoms with van der Waals surface area (Å²) in [7, 11) is 1.69. The van der Waals surface area contributed by atoms with Gasteiger partial charge in [-0.25, -0.2) is 4.98 Å². The monoisotopic (exact) mass is 493 g/mol. The number of rotatable bonds is 8. The number of hydrogen-bond donors (Lipinski definition) is 1. The molecule has 0 bridgehead atoms. The van der Waals surface area contributed by atoms with Crippen LogP contribution in [0.4, 0.5) is 5.69 Å². The average molecular weight is 494 g/mol. The van der Waals surface area contributed by atoms with Gasteiger partial charge in [0.25, 0.3) is 0 Å². The second-order valence-corrected chi connectivity index (χ2v) is 9.50. The first-order chi connectivity index (χ1) is 17.1. The van der Waals surface area contributed by atoms with Crippen LogP contribution in [0.3, 0.4) is 0 Å². The molecule has 1 aliphatic rings. The fourth-order valence-electron chi connectivity index (χ4n) is 4.59. The van der Waals surface area contributed by atoms with E-state index in [2.05, 4.69) is 44.1 Å². The Morgan fingerprint density at radius 1 is 0.971 bits per heavy atom. The van der Waals surface area contributed by atoms with E-state index in [9.17, 15) is 5.11 Å². The fourth-order valence-corrected chi connectivity index (χ4v) is 5.73. The Kier molecular flexibility index (Phi) is 6.79. The lowest BCUT2D eigenvalue weighted by Crippen LogP contribution is -2.47. The molecule has 0 unspecified atom stereocenters. The molecule has 1 atom stereocenters. The summed E-state index contributed by atoms with van der Waals surface area (Å²) in [5.74, 6) is 2.62. The van der Waals surface area contributed by atoms with Crippen molar-refractivity contribution in [2.75, 3.05) is 44.8 Å². The molecule has 35 heavy (non-hydrogen) atoms. The smallest absolute Gasteiger partial charge is 0.230 e. The second-order valence-electron chi connectivity index (χ2n) is 8.49. The minimum Gasteiger partial charge on any atom is -0.497 e. The van der Waals surface area contributed by atoms with Crippen LogP contribution in [-0.2, 0) is 6.42 Å². The Hall–Kier alpha value is -3.30. The first kappa shape index (κ1) is 23.4. The molecule has 0 spiro atoms. The third-order valence-corrected chi connectivity index (χ3v) is 7.50. The molecule has 1 saturated heterocycles. The van der Waals surface area contributed by atoms with Gasteiger partial charge in [0.15, 0.2) is 5.82 Å². The third kappa shape index (κ3) is 4.66. The van der Waals surface area contributed by atoms with Gasteiger partial charge in [0, 0.05) is 38.3 Å². The summed E-state index contributed by atoms with van der Waals surface area (Å²) in [4.78, 5) is 11.0. The summed E-state index contributed by atoms with van der Waals surface area (Å²) in [6.45, 7) is 8.13. The molecule has 2 aromatic carbocycles. The molecule has 5 rings (SSSR count). The zero-order valence-electron chi connectivity index (χ0n) is 20.3. The summed E-state index contributed by atoms with van der Waals surface area (Å²) in [6, 6.07) is 16.3. The van der Waals surface area contributed by atoms with Gasteiger partial charge in [-0.1, -0.05) is 30.4 Å². The van der Waals surface area contributed by atoms with Gasteiger partial charge in [-0.05, 0) is 48.9 Å². The highest BCUT2D eigenvalue weighted by Crippen LogP contribution is 2.41. The quantitative estimate of drug-likeness (QED) is 0.390. The summed E-state index contributed by atoms with van der Waals surface area (Å²) in [5, 5.41) is 15.7. The molecular formula is C26H31N5O3S. The summed E-state index contributed by atoms with van der Waals surface area (Å²) in [6.07, 6.45) is 0.735. The minimum atomic E-state index is -0.0951. The second kappa shape index (κ2) is 10.1. The number of methoxy groups -OCH3 is 1. The lowest BCUT2D eigenvalue weighted by Gasteiger charge is -2.40. The van der Waals surface area contributed by atoms with Crippen LogP contribution in [0.25, 0.3) is 4.96 Å².